The number of alkyl carbamates (subject to hydrolysis) is 1. The van der Waals surface area contributed by atoms with Gasteiger partial charge in [0.15, 0.2) is 22.4 Å². The third-order valence-corrected chi connectivity index (χ3v) is 7.38. The Kier molecular flexibility index (Phi) is 9.08. The van der Waals surface area contributed by atoms with Gasteiger partial charge in [0.2, 0.25) is 16.9 Å². The minimum atomic E-state index is -5.12. The summed E-state index contributed by atoms with van der Waals surface area (Å²) in [4.78, 5) is 69.7. The van der Waals surface area contributed by atoms with Crippen LogP contribution in [-0.4, -0.2) is 90.1 Å². The molecule has 2 aromatic heterocycles. The molecular weight excluding hydrogens is 608 g/mol. The summed E-state index contributed by atoms with van der Waals surface area (Å²) in [6.45, 7) is 0.979. The van der Waals surface area contributed by atoms with E-state index in [9.17, 15) is 52.4 Å². The number of carbonyl (C=O) groups excluding carboxylic acids is 3. The number of aromatic hydroxyl groups is 1. The van der Waals surface area contributed by atoms with Crippen molar-refractivity contribution < 1.29 is 57.1 Å². The van der Waals surface area contributed by atoms with Gasteiger partial charge in [-0.25, -0.2) is 18.9 Å². The number of nitrogens with zero attached hydrogens (tertiary/aromatic N) is 4. The minimum absolute atomic E-state index is 0.0198. The smallest absolute Gasteiger partial charge is 0.407 e. The topological polar surface area (TPSA) is 290 Å². The largest absolute Gasteiger partial charge is 0.503 e. The van der Waals surface area contributed by atoms with Crippen molar-refractivity contribution in [3.05, 3.63) is 39.3 Å². The Labute approximate surface area is 239 Å². The number of ketones is 1. The lowest BCUT2D eigenvalue weighted by atomic mass is 9.84. The van der Waals surface area contributed by atoms with E-state index in [0.717, 1.165) is 31.3 Å². The fourth-order valence-electron chi connectivity index (χ4n) is 3.48. The Morgan fingerprint density at radius 2 is 1.95 bits per heavy atom. The number of Topliss-reactive ketones (excluding diaryl/α,β-unsaturated/α-hetero) is 1. The number of nitrogen functional groups attached to an aromatic ring is 1. The number of hydrogen-bond acceptors (Lipinski definition) is 15. The van der Waals surface area contributed by atoms with Crippen molar-refractivity contribution in [3.63, 3.8) is 0 Å². The van der Waals surface area contributed by atoms with Crippen LogP contribution in [0.4, 0.5) is 9.93 Å². The van der Waals surface area contributed by atoms with Crippen LogP contribution in [0.1, 0.15) is 31.7 Å². The summed E-state index contributed by atoms with van der Waals surface area (Å²) in [6, 6.07) is -0.697. The van der Waals surface area contributed by atoms with Gasteiger partial charge in [0, 0.05) is 24.4 Å². The second-order valence-electron chi connectivity index (χ2n) is 9.15. The quantitative estimate of drug-likeness (QED) is 0.0534. The Morgan fingerprint density at radius 3 is 2.52 bits per heavy atom. The molecule has 2 amide bonds. The van der Waals surface area contributed by atoms with E-state index >= 15 is 0 Å². The van der Waals surface area contributed by atoms with E-state index in [0.29, 0.717) is 10.9 Å². The van der Waals surface area contributed by atoms with Crippen molar-refractivity contribution in [1.29, 1.82) is 0 Å². The molecule has 0 radical (unpaired) electrons. The van der Waals surface area contributed by atoms with Crippen LogP contribution in [0.2, 0.25) is 0 Å². The normalized spacial score (nSPS) is 17.4. The van der Waals surface area contributed by atoms with E-state index < -0.39 is 88.1 Å². The van der Waals surface area contributed by atoms with E-state index in [4.69, 9.17) is 15.3 Å². The molecule has 3 rings (SSSR count). The summed E-state index contributed by atoms with van der Waals surface area (Å²) in [5.41, 5.74) is 1.98. The first-order valence-electron chi connectivity index (χ1n) is 11.5. The van der Waals surface area contributed by atoms with Crippen molar-refractivity contribution in [1.82, 2.24) is 19.3 Å². The molecule has 1 saturated heterocycles. The van der Waals surface area contributed by atoms with Gasteiger partial charge < -0.3 is 36.0 Å². The Hall–Kier alpha value is -4.76. The highest BCUT2D eigenvalue weighted by atomic mass is 32.2. The van der Waals surface area contributed by atoms with Gasteiger partial charge in [0.25, 0.3) is 0 Å². The molecule has 0 saturated carbocycles. The monoisotopic (exact) mass is 632 g/mol. The van der Waals surface area contributed by atoms with Gasteiger partial charge >= 0.3 is 22.4 Å². The number of hydrogen-bond donors (Lipinski definition) is 6. The maximum atomic E-state index is 13.2. The van der Waals surface area contributed by atoms with Crippen LogP contribution >= 0.6 is 11.3 Å². The number of aliphatic carboxylic acids is 1. The van der Waals surface area contributed by atoms with Crippen LogP contribution in [0.25, 0.3) is 0 Å². The number of carboxylic acid groups (broad SMARTS) is 1. The molecule has 42 heavy (non-hydrogen) atoms. The second-order valence-corrected chi connectivity index (χ2v) is 11.3. The molecule has 0 spiro atoms. The van der Waals surface area contributed by atoms with Crippen LogP contribution in [0.15, 0.2) is 27.6 Å². The zero-order valence-electron chi connectivity index (χ0n) is 21.7. The summed E-state index contributed by atoms with van der Waals surface area (Å²) in [7, 11) is -5.12. The molecule has 0 aliphatic carbocycles. The van der Waals surface area contributed by atoms with Crippen LogP contribution in [0, 0.1) is 5.92 Å². The number of nitrogens with two attached hydrogens (primary N) is 1. The molecular formula is C21H24N6O13S2. The number of β-lactam (4-membered cyclic amide) rings is 1. The molecule has 228 valence electrons. The fraction of sp³-hybridized carbons (Fsp3) is 0.381. The molecule has 0 bridgehead atoms. The van der Waals surface area contributed by atoms with Crippen molar-refractivity contribution in [2.24, 2.45) is 11.1 Å². The van der Waals surface area contributed by atoms with E-state index in [1.165, 1.54) is 5.38 Å². The number of ether oxygens (including phenoxy) is 1. The molecule has 3 heterocycles. The summed E-state index contributed by atoms with van der Waals surface area (Å²) < 4.78 is 38.3. The number of aromatic nitrogens is 2. The van der Waals surface area contributed by atoms with Crippen molar-refractivity contribution in [2.75, 3.05) is 12.3 Å². The highest BCUT2D eigenvalue weighted by Gasteiger charge is 2.54. The maximum absolute atomic E-state index is 13.2. The van der Waals surface area contributed by atoms with E-state index in [1.807, 2.05) is 0 Å². The number of amides is 2. The van der Waals surface area contributed by atoms with Crippen LogP contribution in [-0.2, 0) is 40.9 Å². The molecule has 2 atom stereocenters. The molecule has 1 aliphatic rings. The second kappa shape index (κ2) is 12.0. The number of oxime groups is 1. The predicted octanol–water partition coefficient (Wildman–Crippen LogP) is -1.07. The van der Waals surface area contributed by atoms with Crippen LogP contribution in [0.3, 0.4) is 0 Å². The zero-order valence-corrected chi connectivity index (χ0v) is 23.3. The predicted molar refractivity (Wildman–Crippen MR) is 139 cm³/mol. The van der Waals surface area contributed by atoms with Gasteiger partial charge in [0.1, 0.15) is 12.3 Å². The molecule has 0 aromatic carbocycles. The van der Waals surface area contributed by atoms with Gasteiger partial charge in [-0.05, 0) is 13.8 Å². The summed E-state index contributed by atoms with van der Waals surface area (Å²) >= 11 is 0.916. The molecule has 1 fully saturated rings. The van der Waals surface area contributed by atoms with Crippen molar-refractivity contribution in [3.8, 4) is 5.75 Å². The van der Waals surface area contributed by atoms with Crippen molar-refractivity contribution >= 4 is 56.2 Å². The Morgan fingerprint density at radius 1 is 1.29 bits per heavy atom. The summed E-state index contributed by atoms with van der Waals surface area (Å²) in [5.74, 6) is -5.73. The maximum Gasteiger partial charge on any atom is 0.407 e. The summed E-state index contributed by atoms with van der Waals surface area (Å²) in [5, 5.41) is 35.3. The highest BCUT2D eigenvalue weighted by molar-refractivity contribution is 7.84. The lowest BCUT2D eigenvalue weighted by Gasteiger charge is -2.43. The minimum Gasteiger partial charge on any atom is -0.503 e. The average molecular weight is 633 g/mol. The highest BCUT2D eigenvalue weighted by Crippen LogP contribution is 2.32. The number of rotatable bonds is 12. The first-order valence-corrected chi connectivity index (χ1v) is 13.8. The Bertz CT molecular complexity index is 1610. The third kappa shape index (κ3) is 7.11. The van der Waals surface area contributed by atoms with Gasteiger partial charge in [-0.1, -0.05) is 5.16 Å². The SMILES string of the molecule is CC(C)(O/N=C(\C(=O)C[C@@H]1C(=O)N(S(=O)(=O)O)[C@@H]1CNC(=O)OCc1cc(=O)c(O)cn1O)c1csc(N)n1)C(=O)O. The van der Waals surface area contributed by atoms with Crippen LogP contribution < -0.4 is 16.5 Å². The van der Waals surface area contributed by atoms with E-state index in [1.54, 1.807) is 0 Å². The van der Waals surface area contributed by atoms with Gasteiger partial charge in [-0.15, -0.1) is 11.3 Å². The lowest BCUT2D eigenvalue weighted by Crippen LogP contribution is -2.66. The number of carbonyl (C=O) groups is 4. The molecule has 21 heteroatoms. The number of pyridine rings is 1. The molecule has 1 aliphatic heterocycles. The number of thiazole rings is 1. The Balaban J connectivity index is 1.76. The number of nitrogens with one attached hydrogen (secondary N) is 1. The first kappa shape index (κ1) is 31.8. The molecule has 7 N–H and O–H groups in total. The number of carboxylic acids is 1. The molecule has 19 nitrogen and oxygen atoms in total. The van der Waals surface area contributed by atoms with E-state index in [2.05, 4.69) is 15.5 Å². The molecule has 2 aromatic rings. The van der Waals surface area contributed by atoms with Crippen molar-refractivity contribution in [2.45, 2.75) is 38.5 Å². The fourth-order valence-corrected chi connectivity index (χ4v) is 4.95. The average Bonchev–Trinajstić information content (AvgIpc) is 3.30. The molecule has 0 unspecified atom stereocenters. The number of anilines is 1. The first-order chi connectivity index (χ1) is 19.4. The van der Waals surface area contributed by atoms with Crippen LogP contribution in [0.5, 0.6) is 5.75 Å². The van der Waals surface area contributed by atoms with Gasteiger partial charge in [-0.2, -0.15) is 13.1 Å². The summed E-state index contributed by atoms with van der Waals surface area (Å²) in [6.07, 6.45) is -1.28. The zero-order chi connectivity index (χ0) is 31.6. The van der Waals surface area contributed by atoms with Gasteiger partial charge in [-0.3, -0.25) is 18.9 Å². The lowest BCUT2D eigenvalue weighted by molar-refractivity contribution is -0.161. The standard InChI is InChI=1S/C21H24N6O13S2/c1-21(2,18(32)33)40-25-16(11-8-41-19(22)24-11)14(29)4-10-12(27(17(10)31)42(36,37)38)5-23-20(34)39-7-9-3-13(28)15(30)6-26(9)35/h3,6,8,10,12,30,35H,4-5,7H2,1-2H3,(H2,22,24)(H,23,34)(H,32,33)(H,36,37,38)/b25-16-/t10-,12+/m0/s1. The third-order valence-electron chi connectivity index (χ3n) is 5.76. The van der Waals surface area contributed by atoms with E-state index in [-0.39, 0.29) is 20.8 Å². The van der Waals surface area contributed by atoms with Gasteiger partial charge in [0.05, 0.1) is 23.9 Å².